The molecular formula is C15H6F6O2. The lowest BCUT2D eigenvalue weighted by Crippen LogP contribution is -2.11. The molecule has 120 valence electrons. The zero-order valence-electron chi connectivity index (χ0n) is 11.1. The van der Waals surface area contributed by atoms with E-state index in [9.17, 15) is 35.9 Å². The Morgan fingerprint density at radius 1 is 0.609 bits per heavy atom. The number of carbonyl (C=O) groups is 2. The van der Waals surface area contributed by atoms with Crippen LogP contribution >= 0.6 is 0 Å². The summed E-state index contributed by atoms with van der Waals surface area (Å²) in [5, 5.41) is 0. The average Bonchev–Trinajstić information content (AvgIpc) is 2.49. The lowest BCUT2D eigenvalue weighted by Gasteiger charge is -2.04. The van der Waals surface area contributed by atoms with Crippen LogP contribution in [-0.4, -0.2) is 11.6 Å². The Balaban J connectivity index is 2.25. The molecule has 0 saturated carbocycles. The molecule has 2 nitrogen and oxygen atoms in total. The molecule has 2 aromatic rings. The Hall–Kier alpha value is -2.64. The third-order valence-corrected chi connectivity index (χ3v) is 2.93. The molecule has 23 heavy (non-hydrogen) atoms. The van der Waals surface area contributed by atoms with Crippen LogP contribution in [0.15, 0.2) is 24.3 Å². The summed E-state index contributed by atoms with van der Waals surface area (Å²) in [4.78, 5) is 23.5. The monoisotopic (exact) mass is 332 g/mol. The van der Waals surface area contributed by atoms with Crippen LogP contribution < -0.4 is 0 Å². The van der Waals surface area contributed by atoms with Gasteiger partial charge < -0.3 is 0 Å². The molecule has 0 radical (unpaired) electrons. The van der Waals surface area contributed by atoms with Gasteiger partial charge in [-0.15, -0.1) is 0 Å². The predicted molar refractivity (Wildman–Crippen MR) is 65.9 cm³/mol. The summed E-state index contributed by atoms with van der Waals surface area (Å²) in [5.41, 5.74) is -1.25. The van der Waals surface area contributed by atoms with E-state index in [2.05, 4.69) is 0 Å². The van der Waals surface area contributed by atoms with Crippen molar-refractivity contribution >= 4 is 11.6 Å². The van der Waals surface area contributed by atoms with Gasteiger partial charge in [-0.3, -0.25) is 9.59 Å². The zero-order valence-corrected chi connectivity index (χ0v) is 11.1. The first-order chi connectivity index (χ1) is 10.7. The van der Waals surface area contributed by atoms with Gasteiger partial charge in [-0.25, -0.2) is 26.3 Å². The number of carbonyl (C=O) groups excluding carboxylic acids is 2. The van der Waals surface area contributed by atoms with Crippen molar-refractivity contribution in [2.75, 3.05) is 0 Å². The summed E-state index contributed by atoms with van der Waals surface area (Å²) >= 11 is 0. The predicted octanol–water partition coefficient (Wildman–Crippen LogP) is 3.98. The highest BCUT2D eigenvalue weighted by molar-refractivity contribution is 6.13. The third-order valence-electron chi connectivity index (χ3n) is 2.93. The minimum atomic E-state index is -1.78. The van der Waals surface area contributed by atoms with Gasteiger partial charge in [-0.1, -0.05) is 0 Å². The van der Waals surface area contributed by atoms with E-state index in [1.54, 1.807) is 0 Å². The molecule has 0 fully saturated rings. The smallest absolute Gasteiger partial charge is 0.194 e. The van der Waals surface area contributed by atoms with Gasteiger partial charge in [-0.05, 0) is 24.3 Å². The fourth-order valence-electron chi connectivity index (χ4n) is 1.78. The normalized spacial score (nSPS) is 10.7. The van der Waals surface area contributed by atoms with Crippen LogP contribution in [-0.2, 0) is 0 Å². The van der Waals surface area contributed by atoms with Gasteiger partial charge in [0.25, 0.3) is 0 Å². The summed E-state index contributed by atoms with van der Waals surface area (Å²) < 4.78 is 77.6. The van der Waals surface area contributed by atoms with E-state index in [1.807, 2.05) is 0 Å². The Morgan fingerprint density at radius 3 is 1.13 bits per heavy atom. The number of rotatable bonds is 4. The maximum atomic E-state index is 13.0. The van der Waals surface area contributed by atoms with Crippen LogP contribution in [0.25, 0.3) is 0 Å². The second-order valence-electron chi connectivity index (χ2n) is 4.53. The van der Waals surface area contributed by atoms with Crippen molar-refractivity contribution in [1.29, 1.82) is 0 Å². The Kier molecular flexibility index (Phi) is 4.53. The largest absolute Gasteiger partial charge is 0.294 e. The standard InChI is InChI=1S/C15H6F6O2/c16-8-1-6(2-9(17)14(8)20)12(22)5-13(23)7-3-10(18)15(21)11(19)4-7/h1-4H,5H2. The minimum Gasteiger partial charge on any atom is -0.294 e. The lowest BCUT2D eigenvalue weighted by atomic mass is 10.0. The minimum absolute atomic E-state index is 0.389. The van der Waals surface area contributed by atoms with Crippen molar-refractivity contribution < 1.29 is 35.9 Å². The Morgan fingerprint density at radius 2 is 0.870 bits per heavy atom. The Labute approximate surface area is 125 Å². The molecule has 0 aromatic heterocycles. The summed E-state index contributed by atoms with van der Waals surface area (Å²) in [7, 11) is 0. The van der Waals surface area contributed by atoms with E-state index >= 15 is 0 Å². The molecule has 0 spiro atoms. The summed E-state index contributed by atoms with van der Waals surface area (Å²) in [6.45, 7) is 0. The van der Waals surface area contributed by atoms with Crippen molar-refractivity contribution in [2.45, 2.75) is 6.42 Å². The van der Waals surface area contributed by atoms with Crippen LogP contribution in [0.4, 0.5) is 26.3 Å². The maximum Gasteiger partial charge on any atom is 0.194 e. The summed E-state index contributed by atoms with van der Waals surface area (Å²) in [6, 6.07) is 1.55. The number of Topliss-reactive ketones (excluding diaryl/α,β-unsaturated/α-hetero) is 2. The molecule has 0 aliphatic carbocycles. The molecule has 0 aliphatic rings. The van der Waals surface area contributed by atoms with Crippen LogP contribution in [0.1, 0.15) is 27.1 Å². The molecule has 0 N–H and O–H groups in total. The van der Waals surface area contributed by atoms with Crippen molar-refractivity contribution in [3.05, 3.63) is 70.3 Å². The molecule has 2 aromatic carbocycles. The van der Waals surface area contributed by atoms with E-state index < -0.39 is 64.0 Å². The number of hydrogen-bond donors (Lipinski definition) is 0. The molecule has 0 amide bonds. The van der Waals surface area contributed by atoms with Crippen LogP contribution in [0.2, 0.25) is 0 Å². The first-order valence-electron chi connectivity index (χ1n) is 6.06. The highest BCUT2D eigenvalue weighted by Crippen LogP contribution is 2.18. The molecule has 0 aliphatic heterocycles. The number of halogens is 6. The SMILES string of the molecule is O=C(CC(=O)c1cc(F)c(F)c(F)c1)c1cc(F)c(F)c(F)c1. The second-order valence-corrected chi connectivity index (χ2v) is 4.53. The van der Waals surface area contributed by atoms with Gasteiger partial charge in [0.1, 0.15) is 0 Å². The molecule has 8 heteroatoms. The van der Waals surface area contributed by atoms with Crippen LogP contribution in [0.5, 0.6) is 0 Å². The molecule has 0 saturated heterocycles. The van der Waals surface area contributed by atoms with Gasteiger partial charge in [0, 0.05) is 11.1 Å². The van der Waals surface area contributed by atoms with Gasteiger partial charge in [0.2, 0.25) is 0 Å². The number of benzene rings is 2. The van der Waals surface area contributed by atoms with Crippen molar-refractivity contribution in [3.63, 3.8) is 0 Å². The molecular weight excluding hydrogens is 326 g/mol. The quantitative estimate of drug-likeness (QED) is 0.367. The van der Waals surface area contributed by atoms with Crippen molar-refractivity contribution in [2.24, 2.45) is 0 Å². The van der Waals surface area contributed by atoms with E-state index in [0.717, 1.165) is 0 Å². The number of ketones is 2. The highest BCUT2D eigenvalue weighted by Gasteiger charge is 2.20. The van der Waals surface area contributed by atoms with Crippen molar-refractivity contribution in [3.8, 4) is 0 Å². The van der Waals surface area contributed by atoms with E-state index in [1.165, 1.54) is 0 Å². The van der Waals surface area contributed by atoms with Gasteiger partial charge >= 0.3 is 0 Å². The maximum absolute atomic E-state index is 13.0. The molecule has 0 bridgehead atoms. The summed E-state index contributed by atoms with van der Waals surface area (Å²) in [6.07, 6.45) is -0.991. The van der Waals surface area contributed by atoms with Gasteiger partial charge in [0.05, 0.1) is 6.42 Å². The van der Waals surface area contributed by atoms with E-state index in [-0.39, 0.29) is 0 Å². The first kappa shape index (κ1) is 16.7. The highest BCUT2D eigenvalue weighted by atomic mass is 19.2. The molecule has 0 atom stereocenters. The van der Waals surface area contributed by atoms with Crippen molar-refractivity contribution in [1.82, 2.24) is 0 Å². The van der Waals surface area contributed by atoms with Crippen LogP contribution in [0.3, 0.4) is 0 Å². The van der Waals surface area contributed by atoms with Gasteiger partial charge in [0.15, 0.2) is 46.5 Å². The zero-order chi connectivity index (χ0) is 17.3. The average molecular weight is 332 g/mol. The first-order valence-corrected chi connectivity index (χ1v) is 6.06. The topological polar surface area (TPSA) is 34.1 Å². The fraction of sp³-hybridized carbons (Fsp3) is 0.0667. The van der Waals surface area contributed by atoms with Gasteiger partial charge in [-0.2, -0.15) is 0 Å². The second kappa shape index (κ2) is 6.23. The third kappa shape index (κ3) is 3.41. The molecule has 2 rings (SSSR count). The Bertz CT molecular complexity index is 702. The van der Waals surface area contributed by atoms with E-state index in [4.69, 9.17) is 0 Å². The fourth-order valence-corrected chi connectivity index (χ4v) is 1.78. The molecule has 0 heterocycles. The number of hydrogen-bond acceptors (Lipinski definition) is 2. The molecule has 0 unspecified atom stereocenters. The van der Waals surface area contributed by atoms with E-state index in [0.29, 0.717) is 24.3 Å². The van der Waals surface area contributed by atoms with Crippen LogP contribution in [0, 0.1) is 34.9 Å². The lowest BCUT2D eigenvalue weighted by molar-refractivity contribution is 0.0893. The summed E-state index contributed by atoms with van der Waals surface area (Å²) in [5.74, 6) is -12.3.